The highest BCUT2D eigenvalue weighted by Gasteiger charge is 2.27. The number of esters is 1. The van der Waals surface area contributed by atoms with Gasteiger partial charge in [-0.15, -0.1) is 0 Å². The van der Waals surface area contributed by atoms with Gasteiger partial charge in [-0.05, 0) is 24.6 Å². The van der Waals surface area contributed by atoms with E-state index in [1.54, 1.807) is 0 Å². The molecule has 1 aromatic carbocycles. The SMILES string of the molecule is O=C(CNC(=O)c1ccc(Cl)cc1Cl)NCC(=O)OCC(=O)N1CCCC1=O. The Morgan fingerprint density at radius 2 is 1.86 bits per heavy atom. The van der Waals surface area contributed by atoms with Crippen molar-refractivity contribution in [2.75, 3.05) is 26.2 Å². The Kier molecular flexibility index (Phi) is 7.77. The maximum atomic E-state index is 12.0. The summed E-state index contributed by atoms with van der Waals surface area (Å²) in [6, 6.07) is 4.29. The van der Waals surface area contributed by atoms with E-state index >= 15 is 0 Å². The smallest absolute Gasteiger partial charge is 0.325 e. The molecule has 1 saturated heterocycles. The number of nitrogens with zero attached hydrogens (tertiary/aromatic N) is 1. The highest BCUT2D eigenvalue weighted by atomic mass is 35.5. The van der Waals surface area contributed by atoms with Gasteiger partial charge in [0.2, 0.25) is 11.8 Å². The number of nitrogens with one attached hydrogen (secondary N) is 2. The van der Waals surface area contributed by atoms with E-state index in [4.69, 9.17) is 27.9 Å². The molecular weight excluding hydrogens is 413 g/mol. The molecule has 1 heterocycles. The molecule has 11 heteroatoms. The third-order valence-electron chi connectivity index (χ3n) is 3.75. The fraction of sp³-hybridized carbons (Fsp3) is 0.353. The summed E-state index contributed by atoms with van der Waals surface area (Å²) in [6.45, 7) is -1.15. The molecule has 2 N–H and O–H groups in total. The molecule has 0 atom stereocenters. The Labute approximate surface area is 170 Å². The third kappa shape index (κ3) is 6.21. The molecule has 0 bridgehead atoms. The first-order valence-corrected chi connectivity index (χ1v) is 9.02. The lowest BCUT2D eigenvalue weighted by atomic mass is 10.2. The summed E-state index contributed by atoms with van der Waals surface area (Å²) in [7, 11) is 0. The lowest BCUT2D eigenvalue weighted by Gasteiger charge is -2.13. The minimum atomic E-state index is -0.847. The van der Waals surface area contributed by atoms with Gasteiger partial charge in [-0.3, -0.25) is 28.9 Å². The van der Waals surface area contributed by atoms with Crippen molar-refractivity contribution in [2.24, 2.45) is 0 Å². The number of likely N-dealkylation sites (tertiary alicyclic amines) is 1. The highest BCUT2D eigenvalue weighted by molar-refractivity contribution is 6.36. The largest absolute Gasteiger partial charge is 0.454 e. The molecule has 1 aliphatic rings. The van der Waals surface area contributed by atoms with Gasteiger partial charge in [0.1, 0.15) is 6.54 Å². The maximum Gasteiger partial charge on any atom is 0.325 e. The van der Waals surface area contributed by atoms with Gasteiger partial charge in [-0.2, -0.15) is 0 Å². The molecule has 2 rings (SSSR count). The van der Waals surface area contributed by atoms with E-state index in [2.05, 4.69) is 10.6 Å². The fourth-order valence-corrected chi connectivity index (χ4v) is 2.84. The van der Waals surface area contributed by atoms with Crippen molar-refractivity contribution in [3.8, 4) is 0 Å². The summed E-state index contributed by atoms with van der Waals surface area (Å²) in [5.74, 6) is -2.97. The average Bonchev–Trinajstić information content (AvgIpc) is 3.08. The summed E-state index contributed by atoms with van der Waals surface area (Å²) in [5, 5.41) is 5.09. The standard InChI is InChI=1S/C17H17Cl2N3O6/c18-10-3-4-11(12(19)6-10)17(27)21-7-13(23)20-8-16(26)28-9-15(25)22-5-1-2-14(22)24/h3-4,6H,1-2,5,7-9H2,(H,20,23)(H,21,27). The molecule has 0 saturated carbocycles. The van der Waals surface area contributed by atoms with E-state index in [0.29, 0.717) is 24.4 Å². The van der Waals surface area contributed by atoms with Crippen LogP contribution in [0.25, 0.3) is 0 Å². The molecule has 1 aromatic rings. The molecule has 1 aliphatic heterocycles. The Morgan fingerprint density at radius 1 is 1.11 bits per heavy atom. The van der Waals surface area contributed by atoms with Crippen molar-refractivity contribution in [1.29, 1.82) is 0 Å². The molecule has 150 valence electrons. The van der Waals surface area contributed by atoms with Crippen molar-refractivity contribution in [2.45, 2.75) is 12.8 Å². The summed E-state index contributed by atoms with van der Waals surface area (Å²) in [6.07, 6.45) is 0.879. The number of amides is 4. The number of halogens is 2. The van der Waals surface area contributed by atoms with Crippen LogP contribution in [0.4, 0.5) is 0 Å². The van der Waals surface area contributed by atoms with Gasteiger partial charge in [0.25, 0.3) is 11.8 Å². The minimum Gasteiger partial charge on any atom is -0.454 e. The van der Waals surface area contributed by atoms with Crippen molar-refractivity contribution in [3.05, 3.63) is 33.8 Å². The van der Waals surface area contributed by atoms with E-state index in [9.17, 15) is 24.0 Å². The Bertz CT molecular complexity index is 814. The van der Waals surface area contributed by atoms with E-state index in [0.717, 1.165) is 4.90 Å². The average molecular weight is 430 g/mol. The molecule has 0 unspecified atom stereocenters. The van der Waals surface area contributed by atoms with Gasteiger partial charge in [0.05, 0.1) is 17.1 Å². The van der Waals surface area contributed by atoms with Crippen molar-refractivity contribution in [3.63, 3.8) is 0 Å². The Balaban J connectivity index is 1.67. The van der Waals surface area contributed by atoms with Crippen LogP contribution in [0.15, 0.2) is 18.2 Å². The Hall–Kier alpha value is -2.65. The summed E-state index contributed by atoms with van der Waals surface area (Å²) in [4.78, 5) is 59.4. The van der Waals surface area contributed by atoms with Crippen molar-refractivity contribution >= 4 is 52.8 Å². The summed E-state index contributed by atoms with van der Waals surface area (Å²) < 4.78 is 4.72. The third-order valence-corrected chi connectivity index (χ3v) is 4.29. The quantitative estimate of drug-likeness (QED) is 0.609. The maximum absolute atomic E-state index is 12.0. The van der Waals surface area contributed by atoms with E-state index in [-0.39, 0.29) is 16.5 Å². The number of carbonyl (C=O) groups is 5. The molecule has 0 aromatic heterocycles. The van der Waals surface area contributed by atoms with Crippen LogP contribution in [-0.2, 0) is 23.9 Å². The molecule has 0 aliphatic carbocycles. The molecule has 1 fully saturated rings. The number of hydrogen-bond donors (Lipinski definition) is 2. The van der Waals surface area contributed by atoms with Crippen LogP contribution < -0.4 is 10.6 Å². The van der Waals surface area contributed by atoms with Gasteiger partial charge < -0.3 is 15.4 Å². The zero-order valence-electron chi connectivity index (χ0n) is 14.6. The first kappa shape index (κ1) is 21.6. The van der Waals surface area contributed by atoms with Crippen LogP contribution in [0.3, 0.4) is 0 Å². The lowest BCUT2D eigenvalue weighted by Crippen LogP contribution is -2.40. The number of hydrogen-bond acceptors (Lipinski definition) is 6. The van der Waals surface area contributed by atoms with Gasteiger partial charge >= 0.3 is 5.97 Å². The zero-order chi connectivity index (χ0) is 20.7. The molecular formula is C17H17Cl2N3O6. The molecule has 28 heavy (non-hydrogen) atoms. The van der Waals surface area contributed by atoms with Crippen LogP contribution in [-0.4, -0.2) is 60.7 Å². The number of benzene rings is 1. The molecule has 0 spiro atoms. The minimum absolute atomic E-state index is 0.134. The van der Waals surface area contributed by atoms with Gasteiger partial charge in [0, 0.05) is 18.0 Å². The first-order chi connectivity index (χ1) is 13.3. The van der Waals surface area contributed by atoms with Crippen molar-refractivity contribution in [1.82, 2.24) is 15.5 Å². The van der Waals surface area contributed by atoms with Gasteiger partial charge in [-0.1, -0.05) is 23.2 Å². The predicted molar refractivity (Wildman–Crippen MR) is 98.7 cm³/mol. The zero-order valence-corrected chi connectivity index (χ0v) is 16.1. The number of ether oxygens (including phenoxy) is 1. The van der Waals surface area contributed by atoms with E-state index in [1.807, 2.05) is 0 Å². The van der Waals surface area contributed by atoms with Gasteiger partial charge in [-0.25, -0.2) is 0 Å². The van der Waals surface area contributed by atoms with Gasteiger partial charge in [0.15, 0.2) is 6.61 Å². The monoisotopic (exact) mass is 429 g/mol. The normalized spacial score (nSPS) is 13.2. The lowest BCUT2D eigenvalue weighted by molar-refractivity contribution is -0.154. The molecule has 9 nitrogen and oxygen atoms in total. The van der Waals surface area contributed by atoms with Crippen molar-refractivity contribution < 1.29 is 28.7 Å². The predicted octanol–water partition coefficient (Wildman–Crippen LogP) is 0.532. The Morgan fingerprint density at radius 3 is 2.50 bits per heavy atom. The second-order valence-corrected chi connectivity index (χ2v) is 6.63. The topological polar surface area (TPSA) is 122 Å². The highest BCUT2D eigenvalue weighted by Crippen LogP contribution is 2.20. The van der Waals surface area contributed by atoms with Crippen LogP contribution in [0.1, 0.15) is 23.2 Å². The van der Waals surface area contributed by atoms with E-state index < -0.39 is 43.4 Å². The molecule has 4 amide bonds. The second-order valence-electron chi connectivity index (χ2n) is 5.79. The van der Waals surface area contributed by atoms with Crippen LogP contribution in [0.2, 0.25) is 10.0 Å². The number of imide groups is 1. The summed E-state index contributed by atoms with van der Waals surface area (Å²) >= 11 is 11.6. The first-order valence-electron chi connectivity index (χ1n) is 8.26. The fourth-order valence-electron chi connectivity index (χ4n) is 2.35. The van der Waals surface area contributed by atoms with Crippen LogP contribution in [0, 0.1) is 0 Å². The van der Waals surface area contributed by atoms with Crippen LogP contribution >= 0.6 is 23.2 Å². The summed E-state index contributed by atoms with van der Waals surface area (Å²) in [5.41, 5.74) is 0.147. The molecule has 0 radical (unpaired) electrons. The second kappa shape index (κ2) is 10.0. The number of carbonyl (C=O) groups excluding carboxylic acids is 5. The van der Waals surface area contributed by atoms with Crippen LogP contribution in [0.5, 0.6) is 0 Å². The van der Waals surface area contributed by atoms with E-state index in [1.165, 1.54) is 18.2 Å². The number of rotatable bonds is 7.